The molecule has 3 nitrogen and oxygen atoms in total. The predicted octanol–water partition coefficient (Wildman–Crippen LogP) is 1.80. The van der Waals surface area contributed by atoms with Crippen LogP contribution in [-0.2, 0) is 9.53 Å². The van der Waals surface area contributed by atoms with Gasteiger partial charge in [0, 0.05) is 12.0 Å². The molecule has 0 rings (SSSR count). The first-order valence-electron chi connectivity index (χ1n) is 3.94. The van der Waals surface area contributed by atoms with Crippen molar-refractivity contribution < 1.29 is 9.53 Å². The van der Waals surface area contributed by atoms with Crippen molar-refractivity contribution in [3.8, 4) is 6.07 Å². The summed E-state index contributed by atoms with van der Waals surface area (Å²) in [6.07, 6.45) is 1.68. The van der Waals surface area contributed by atoms with Crippen molar-refractivity contribution in [1.29, 1.82) is 5.26 Å². The van der Waals surface area contributed by atoms with Gasteiger partial charge in [0.1, 0.15) is 0 Å². The van der Waals surface area contributed by atoms with Crippen LogP contribution in [0.5, 0.6) is 0 Å². The Morgan fingerprint density at radius 2 is 2.33 bits per heavy atom. The van der Waals surface area contributed by atoms with Crippen LogP contribution in [0.15, 0.2) is 12.2 Å². The summed E-state index contributed by atoms with van der Waals surface area (Å²) >= 11 is 0. The average Bonchev–Trinajstić information content (AvgIpc) is 2.05. The van der Waals surface area contributed by atoms with Gasteiger partial charge in [-0.05, 0) is 19.8 Å². The van der Waals surface area contributed by atoms with Gasteiger partial charge in [0.2, 0.25) is 0 Å². The normalized spacial score (nSPS) is 8.67. The van der Waals surface area contributed by atoms with Crippen LogP contribution in [0.4, 0.5) is 0 Å². The number of nitrogens with zero attached hydrogens (tertiary/aromatic N) is 1. The molecular formula is C9H13NO2. The van der Waals surface area contributed by atoms with Crippen molar-refractivity contribution in [3.63, 3.8) is 0 Å². The van der Waals surface area contributed by atoms with Crippen molar-refractivity contribution in [3.05, 3.63) is 12.2 Å². The van der Waals surface area contributed by atoms with Crippen LogP contribution >= 0.6 is 0 Å². The fourth-order valence-corrected chi connectivity index (χ4v) is 0.716. The second-order valence-electron chi connectivity index (χ2n) is 2.34. The van der Waals surface area contributed by atoms with Crippen molar-refractivity contribution in [1.82, 2.24) is 0 Å². The van der Waals surface area contributed by atoms with Gasteiger partial charge in [-0.1, -0.05) is 6.58 Å². The van der Waals surface area contributed by atoms with Gasteiger partial charge in [-0.25, -0.2) is 4.79 Å². The minimum Gasteiger partial charge on any atom is -0.463 e. The van der Waals surface area contributed by atoms with E-state index in [0.717, 1.165) is 0 Å². The molecule has 3 heteroatoms. The average molecular weight is 167 g/mol. The second kappa shape index (κ2) is 6.41. The summed E-state index contributed by atoms with van der Waals surface area (Å²) in [6.45, 7) is 5.68. The maximum atomic E-state index is 10.9. The van der Waals surface area contributed by atoms with Gasteiger partial charge in [0.15, 0.2) is 0 Å². The number of hydrogen-bond donors (Lipinski definition) is 0. The van der Waals surface area contributed by atoms with Crippen LogP contribution < -0.4 is 0 Å². The third-order valence-corrected chi connectivity index (χ3v) is 1.33. The third-order valence-electron chi connectivity index (χ3n) is 1.33. The lowest BCUT2D eigenvalue weighted by atomic mass is 10.1. The number of esters is 1. The number of ether oxygens (including phenoxy) is 1. The molecule has 0 aromatic carbocycles. The van der Waals surface area contributed by atoms with Crippen LogP contribution in [0, 0.1) is 11.3 Å². The maximum Gasteiger partial charge on any atom is 0.333 e. The summed E-state index contributed by atoms with van der Waals surface area (Å²) in [5, 5.41) is 8.23. The predicted molar refractivity (Wildman–Crippen MR) is 45.2 cm³/mol. The molecule has 0 heterocycles. The van der Waals surface area contributed by atoms with Gasteiger partial charge in [-0.2, -0.15) is 5.26 Å². The third kappa shape index (κ3) is 4.51. The molecule has 0 radical (unpaired) electrons. The highest BCUT2D eigenvalue weighted by molar-refractivity contribution is 5.87. The summed E-state index contributed by atoms with van der Waals surface area (Å²) in [5.74, 6) is -0.351. The Balaban J connectivity index is 3.59. The summed E-state index contributed by atoms with van der Waals surface area (Å²) in [7, 11) is 0. The smallest absolute Gasteiger partial charge is 0.333 e. The Labute approximate surface area is 72.6 Å². The summed E-state index contributed by atoms with van der Waals surface area (Å²) in [6, 6.07) is 2.00. The van der Waals surface area contributed by atoms with E-state index in [4.69, 9.17) is 10.00 Å². The highest BCUT2D eigenvalue weighted by atomic mass is 16.5. The Morgan fingerprint density at radius 3 is 2.83 bits per heavy atom. The molecule has 0 aliphatic heterocycles. The SMILES string of the molecule is C=C(CCCC#N)C(=O)OCC. The number of unbranched alkanes of at least 4 members (excludes halogenated alkanes) is 1. The van der Waals surface area contributed by atoms with Gasteiger partial charge in [-0.15, -0.1) is 0 Å². The first-order chi connectivity index (χ1) is 5.72. The monoisotopic (exact) mass is 167 g/mol. The molecule has 0 aliphatic carbocycles. The number of hydrogen-bond acceptors (Lipinski definition) is 3. The van der Waals surface area contributed by atoms with Gasteiger partial charge >= 0.3 is 5.97 Å². The minimum absolute atomic E-state index is 0.351. The van der Waals surface area contributed by atoms with Crippen LogP contribution in [0.2, 0.25) is 0 Å². The van der Waals surface area contributed by atoms with E-state index in [2.05, 4.69) is 6.58 Å². The van der Waals surface area contributed by atoms with Crippen molar-refractivity contribution in [2.75, 3.05) is 6.61 Å². The molecule has 0 saturated carbocycles. The molecule has 0 atom stereocenters. The lowest BCUT2D eigenvalue weighted by Gasteiger charge is -2.02. The largest absolute Gasteiger partial charge is 0.463 e. The molecule has 0 fully saturated rings. The highest BCUT2D eigenvalue weighted by Gasteiger charge is 2.05. The Kier molecular flexibility index (Phi) is 5.72. The zero-order valence-electron chi connectivity index (χ0n) is 7.30. The van der Waals surface area contributed by atoms with E-state index in [9.17, 15) is 4.79 Å². The zero-order valence-corrected chi connectivity index (χ0v) is 7.30. The van der Waals surface area contributed by atoms with Crippen LogP contribution in [0.25, 0.3) is 0 Å². The summed E-state index contributed by atoms with van der Waals surface area (Å²) in [4.78, 5) is 10.9. The molecule has 0 aromatic rings. The van der Waals surface area contributed by atoms with Gasteiger partial charge in [0.05, 0.1) is 12.7 Å². The molecule has 0 N–H and O–H groups in total. The molecule has 0 aliphatic rings. The Morgan fingerprint density at radius 1 is 1.67 bits per heavy atom. The van der Waals surface area contributed by atoms with Crippen molar-refractivity contribution >= 4 is 5.97 Å². The number of nitriles is 1. The van der Waals surface area contributed by atoms with E-state index >= 15 is 0 Å². The maximum absolute atomic E-state index is 10.9. The zero-order chi connectivity index (χ0) is 9.40. The molecule has 0 amide bonds. The molecule has 0 spiro atoms. The molecule has 0 saturated heterocycles. The van der Waals surface area contributed by atoms with E-state index in [1.54, 1.807) is 6.92 Å². The minimum atomic E-state index is -0.351. The lowest BCUT2D eigenvalue weighted by Crippen LogP contribution is -2.06. The van der Waals surface area contributed by atoms with Crippen molar-refractivity contribution in [2.24, 2.45) is 0 Å². The van der Waals surface area contributed by atoms with Gasteiger partial charge < -0.3 is 4.74 Å². The lowest BCUT2D eigenvalue weighted by molar-refractivity contribution is -0.138. The van der Waals surface area contributed by atoms with E-state index < -0.39 is 0 Å². The van der Waals surface area contributed by atoms with Crippen LogP contribution in [0.3, 0.4) is 0 Å². The number of rotatable bonds is 5. The summed E-state index contributed by atoms with van der Waals surface area (Å²) < 4.78 is 4.71. The molecule has 66 valence electrons. The first-order valence-corrected chi connectivity index (χ1v) is 3.94. The fraction of sp³-hybridized carbons (Fsp3) is 0.556. The Hall–Kier alpha value is -1.30. The van der Waals surface area contributed by atoms with Crippen LogP contribution in [0.1, 0.15) is 26.2 Å². The Bertz CT molecular complexity index is 203. The molecule has 0 unspecified atom stereocenters. The van der Waals surface area contributed by atoms with E-state index in [0.29, 0.717) is 31.4 Å². The highest BCUT2D eigenvalue weighted by Crippen LogP contribution is 2.06. The molecule has 0 aromatic heterocycles. The standard InChI is InChI=1S/C9H13NO2/c1-3-12-9(11)8(2)6-4-5-7-10/h2-6H2,1H3. The van der Waals surface area contributed by atoms with E-state index in [1.165, 1.54) is 0 Å². The van der Waals surface area contributed by atoms with Crippen LogP contribution in [-0.4, -0.2) is 12.6 Å². The molecular weight excluding hydrogens is 154 g/mol. The number of carbonyl (C=O) groups excluding carboxylic acids is 1. The topological polar surface area (TPSA) is 50.1 Å². The van der Waals surface area contributed by atoms with E-state index in [-0.39, 0.29) is 5.97 Å². The quantitative estimate of drug-likeness (QED) is 0.356. The fourth-order valence-electron chi connectivity index (χ4n) is 0.716. The van der Waals surface area contributed by atoms with Gasteiger partial charge in [0.25, 0.3) is 0 Å². The van der Waals surface area contributed by atoms with Crippen molar-refractivity contribution in [2.45, 2.75) is 26.2 Å². The van der Waals surface area contributed by atoms with E-state index in [1.807, 2.05) is 6.07 Å². The second-order valence-corrected chi connectivity index (χ2v) is 2.34. The summed E-state index contributed by atoms with van der Waals surface area (Å²) in [5.41, 5.74) is 0.451. The molecule has 12 heavy (non-hydrogen) atoms. The number of carbonyl (C=O) groups is 1. The first kappa shape index (κ1) is 10.7. The molecule has 0 bridgehead atoms. The van der Waals surface area contributed by atoms with Gasteiger partial charge in [-0.3, -0.25) is 0 Å².